The lowest BCUT2D eigenvalue weighted by atomic mass is 10.0. The topological polar surface area (TPSA) is 21.3 Å². The number of aryl methyl sites for hydroxylation is 1. The second kappa shape index (κ2) is 9.99. The van der Waals surface area contributed by atoms with Crippen LogP contribution in [0.2, 0.25) is 0 Å². The first-order valence-electron chi connectivity index (χ1n) is 7.71. The Bertz CT molecular complexity index is 321. The van der Waals surface area contributed by atoms with E-state index in [1.54, 1.807) is 0 Å². The minimum absolute atomic E-state index is 0.470. The maximum Gasteiger partial charge on any atom is 0.0478 e. The molecule has 0 amide bonds. The van der Waals surface area contributed by atoms with Crippen molar-refractivity contribution in [2.24, 2.45) is 0 Å². The van der Waals surface area contributed by atoms with Gasteiger partial charge in [-0.15, -0.1) is 0 Å². The van der Waals surface area contributed by atoms with Crippen LogP contribution in [0.15, 0.2) is 24.3 Å². The first-order chi connectivity index (χ1) is 9.31. The van der Waals surface area contributed by atoms with E-state index in [2.05, 4.69) is 50.4 Å². The van der Waals surface area contributed by atoms with E-state index < -0.39 is 0 Å². The summed E-state index contributed by atoms with van der Waals surface area (Å²) in [7, 11) is 0. The average Bonchev–Trinajstić information content (AvgIpc) is 2.47. The third-order valence-corrected chi connectivity index (χ3v) is 3.40. The van der Waals surface area contributed by atoms with E-state index in [0.29, 0.717) is 6.04 Å². The van der Waals surface area contributed by atoms with Crippen LogP contribution in [0.25, 0.3) is 0 Å². The molecule has 0 spiro atoms. The minimum Gasteiger partial charge on any atom is -0.381 e. The summed E-state index contributed by atoms with van der Waals surface area (Å²) in [5, 5.41) is 3.62. The van der Waals surface area contributed by atoms with Crippen LogP contribution in [0.3, 0.4) is 0 Å². The van der Waals surface area contributed by atoms with Gasteiger partial charge in [0, 0.05) is 19.3 Å². The Kier molecular flexibility index (Phi) is 8.52. The van der Waals surface area contributed by atoms with Gasteiger partial charge in [0.25, 0.3) is 0 Å². The lowest BCUT2D eigenvalue weighted by Crippen LogP contribution is -2.22. The zero-order chi connectivity index (χ0) is 13.9. The maximum absolute atomic E-state index is 5.49. The number of nitrogens with one attached hydrogen (secondary N) is 1. The zero-order valence-electron chi connectivity index (χ0n) is 12.7. The van der Waals surface area contributed by atoms with Gasteiger partial charge in [-0.1, -0.05) is 45.0 Å². The van der Waals surface area contributed by atoms with Crippen LogP contribution in [-0.4, -0.2) is 19.8 Å². The molecule has 0 fully saturated rings. The van der Waals surface area contributed by atoms with Crippen molar-refractivity contribution in [1.29, 1.82) is 0 Å². The van der Waals surface area contributed by atoms with Gasteiger partial charge in [0.2, 0.25) is 0 Å². The average molecular weight is 263 g/mol. The Balaban J connectivity index is 2.31. The van der Waals surface area contributed by atoms with Crippen LogP contribution in [0.5, 0.6) is 0 Å². The van der Waals surface area contributed by atoms with Crippen molar-refractivity contribution < 1.29 is 4.74 Å². The molecule has 108 valence electrons. The second-order valence-electron chi connectivity index (χ2n) is 4.98. The molecule has 0 heterocycles. The summed E-state index contributed by atoms with van der Waals surface area (Å²) in [5.74, 6) is 0. The fraction of sp³-hybridized carbons (Fsp3) is 0.647. The largest absolute Gasteiger partial charge is 0.381 e. The minimum atomic E-state index is 0.470. The Morgan fingerprint density at radius 2 is 1.79 bits per heavy atom. The van der Waals surface area contributed by atoms with Gasteiger partial charge in [0.1, 0.15) is 0 Å². The molecule has 0 aromatic heterocycles. The molecule has 1 rings (SSSR count). The van der Waals surface area contributed by atoms with Crippen molar-refractivity contribution in [3.63, 3.8) is 0 Å². The van der Waals surface area contributed by atoms with Gasteiger partial charge in [0.15, 0.2) is 0 Å². The summed E-state index contributed by atoms with van der Waals surface area (Å²) < 4.78 is 5.49. The molecular formula is C17H29NO. The monoisotopic (exact) mass is 263 g/mol. The molecule has 1 N–H and O–H groups in total. The van der Waals surface area contributed by atoms with Crippen LogP contribution in [0.1, 0.15) is 57.2 Å². The van der Waals surface area contributed by atoms with Gasteiger partial charge in [-0.2, -0.15) is 0 Å². The zero-order valence-corrected chi connectivity index (χ0v) is 12.7. The smallest absolute Gasteiger partial charge is 0.0478 e. The first-order valence-corrected chi connectivity index (χ1v) is 7.71. The fourth-order valence-corrected chi connectivity index (χ4v) is 2.18. The normalized spacial score (nSPS) is 12.6. The van der Waals surface area contributed by atoms with E-state index in [1.165, 1.54) is 11.1 Å². The molecule has 1 unspecified atom stereocenters. The van der Waals surface area contributed by atoms with E-state index >= 15 is 0 Å². The molecule has 1 aromatic rings. The van der Waals surface area contributed by atoms with Gasteiger partial charge in [-0.3, -0.25) is 0 Å². The maximum atomic E-state index is 5.49. The molecule has 0 aliphatic rings. The molecule has 1 aromatic carbocycles. The van der Waals surface area contributed by atoms with Gasteiger partial charge >= 0.3 is 0 Å². The van der Waals surface area contributed by atoms with Crippen molar-refractivity contribution in [3.8, 4) is 0 Å². The van der Waals surface area contributed by atoms with Crippen LogP contribution in [0, 0.1) is 0 Å². The molecular weight excluding hydrogens is 234 g/mol. The Labute approximate surface area is 118 Å². The standard InChI is InChI=1S/C17H29NO/c1-4-13-19-14-7-12-18-17(6-3)16-10-8-15(5-2)9-11-16/h8-11,17-18H,4-7,12-14H2,1-3H3. The molecule has 0 bridgehead atoms. The van der Waals surface area contributed by atoms with E-state index in [4.69, 9.17) is 4.74 Å². The second-order valence-corrected chi connectivity index (χ2v) is 4.98. The molecule has 19 heavy (non-hydrogen) atoms. The third kappa shape index (κ3) is 6.22. The highest BCUT2D eigenvalue weighted by Crippen LogP contribution is 2.17. The lowest BCUT2D eigenvalue weighted by Gasteiger charge is -2.18. The molecule has 2 heteroatoms. The van der Waals surface area contributed by atoms with Crippen LogP contribution in [-0.2, 0) is 11.2 Å². The Morgan fingerprint density at radius 1 is 1.05 bits per heavy atom. The van der Waals surface area contributed by atoms with Crippen molar-refractivity contribution >= 4 is 0 Å². The molecule has 0 saturated carbocycles. The van der Waals surface area contributed by atoms with E-state index in [9.17, 15) is 0 Å². The highest BCUT2D eigenvalue weighted by Gasteiger charge is 2.07. The van der Waals surface area contributed by atoms with E-state index in [-0.39, 0.29) is 0 Å². The lowest BCUT2D eigenvalue weighted by molar-refractivity contribution is 0.131. The van der Waals surface area contributed by atoms with Crippen molar-refractivity contribution in [3.05, 3.63) is 35.4 Å². The van der Waals surface area contributed by atoms with Crippen LogP contribution in [0.4, 0.5) is 0 Å². The van der Waals surface area contributed by atoms with Crippen molar-refractivity contribution in [2.75, 3.05) is 19.8 Å². The number of hydrogen-bond donors (Lipinski definition) is 1. The number of hydrogen-bond acceptors (Lipinski definition) is 2. The summed E-state index contributed by atoms with van der Waals surface area (Å²) in [4.78, 5) is 0. The highest BCUT2D eigenvalue weighted by atomic mass is 16.5. The predicted molar refractivity (Wildman–Crippen MR) is 82.6 cm³/mol. The first kappa shape index (κ1) is 16.2. The molecule has 1 atom stereocenters. The van der Waals surface area contributed by atoms with Gasteiger partial charge < -0.3 is 10.1 Å². The van der Waals surface area contributed by atoms with Gasteiger partial charge in [0.05, 0.1) is 0 Å². The quantitative estimate of drug-likeness (QED) is 0.642. The Morgan fingerprint density at radius 3 is 2.37 bits per heavy atom. The van der Waals surface area contributed by atoms with Gasteiger partial charge in [-0.05, 0) is 43.4 Å². The number of ether oxygens (including phenoxy) is 1. The van der Waals surface area contributed by atoms with E-state index in [1.807, 2.05) is 0 Å². The number of rotatable bonds is 10. The predicted octanol–water partition coefficient (Wildman–Crippen LogP) is 4.11. The van der Waals surface area contributed by atoms with Crippen molar-refractivity contribution in [2.45, 2.75) is 52.5 Å². The fourth-order valence-electron chi connectivity index (χ4n) is 2.18. The molecule has 0 radical (unpaired) electrons. The molecule has 2 nitrogen and oxygen atoms in total. The van der Waals surface area contributed by atoms with Crippen molar-refractivity contribution in [1.82, 2.24) is 5.32 Å². The van der Waals surface area contributed by atoms with Gasteiger partial charge in [-0.25, -0.2) is 0 Å². The molecule has 0 saturated heterocycles. The van der Waals surface area contributed by atoms with Crippen LogP contribution >= 0.6 is 0 Å². The Hall–Kier alpha value is -0.860. The summed E-state index contributed by atoms with van der Waals surface area (Å²) in [6.07, 6.45) is 4.43. The van der Waals surface area contributed by atoms with Crippen LogP contribution < -0.4 is 5.32 Å². The SMILES string of the molecule is CCCOCCCNC(CC)c1ccc(CC)cc1. The molecule has 0 aliphatic carbocycles. The molecule has 0 aliphatic heterocycles. The highest BCUT2D eigenvalue weighted by molar-refractivity contribution is 5.24. The summed E-state index contributed by atoms with van der Waals surface area (Å²) in [6, 6.07) is 9.46. The van der Waals surface area contributed by atoms with E-state index in [0.717, 1.165) is 45.4 Å². The third-order valence-electron chi connectivity index (χ3n) is 3.40. The summed E-state index contributed by atoms with van der Waals surface area (Å²) >= 11 is 0. The summed E-state index contributed by atoms with van der Waals surface area (Å²) in [6.45, 7) is 9.35. The number of benzene rings is 1. The summed E-state index contributed by atoms with van der Waals surface area (Å²) in [5.41, 5.74) is 2.81.